The van der Waals surface area contributed by atoms with Crippen molar-refractivity contribution in [2.24, 2.45) is 0 Å². The van der Waals surface area contributed by atoms with Gasteiger partial charge in [-0.2, -0.15) is 0 Å². The minimum absolute atomic E-state index is 0.108. The summed E-state index contributed by atoms with van der Waals surface area (Å²) in [6.07, 6.45) is 4.63. The summed E-state index contributed by atoms with van der Waals surface area (Å²) in [6.45, 7) is 1.28. The van der Waals surface area contributed by atoms with Gasteiger partial charge in [-0.3, -0.25) is 9.59 Å². The van der Waals surface area contributed by atoms with Crippen LogP contribution >= 0.6 is 0 Å². The van der Waals surface area contributed by atoms with Crippen LogP contribution in [0.15, 0.2) is 69.9 Å². The van der Waals surface area contributed by atoms with Gasteiger partial charge in [0.1, 0.15) is 17.3 Å². The summed E-state index contributed by atoms with van der Waals surface area (Å²) in [4.78, 5) is 28.0. The maximum atomic E-state index is 12.8. The lowest BCUT2D eigenvalue weighted by atomic mass is 10.3. The fraction of sp³-hybridized carbons (Fsp3) is 0.273. The molecule has 0 unspecified atom stereocenters. The van der Waals surface area contributed by atoms with Crippen LogP contribution in [0.4, 0.5) is 5.69 Å². The highest BCUT2D eigenvalue weighted by Gasteiger charge is 2.22. The van der Waals surface area contributed by atoms with Crippen LogP contribution in [0.5, 0.6) is 5.75 Å². The molecule has 7 heteroatoms. The Morgan fingerprint density at radius 1 is 1.00 bits per heavy atom. The summed E-state index contributed by atoms with van der Waals surface area (Å²) in [6, 6.07) is 14.4. The van der Waals surface area contributed by atoms with Gasteiger partial charge in [-0.25, -0.2) is 0 Å². The summed E-state index contributed by atoms with van der Waals surface area (Å²) in [5, 5.41) is 0. The second-order valence-corrected chi connectivity index (χ2v) is 6.84. The van der Waals surface area contributed by atoms with Crippen LogP contribution in [0.3, 0.4) is 0 Å². The molecule has 150 valence electrons. The average molecular weight is 394 g/mol. The highest BCUT2D eigenvalue weighted by atomic mass is 16.5. The Balaban J connectivity index is 1.37. The van der Waals surface area contributed by atoms with E-state index in [0.29, 0.717) is 36.8 Å². The first kappa shape index (κ1) is 18.9. The Kier molecular flexibility index (Phi) is 5.65. The number of carbonyl (C=O) groups excluding carboxylic acids is 2. The molecule has 0 atom stereocenters. The lowest BCUT2D eigenvalue weighted by molar-refractivity contribution is -0.135. The van der Waals surface area contributed by atoms with Gasteiger partial charge in [-0.15, -0.1) is 0 Å². The minimum Gasteiger partial charge on any atom is -0.484 e. The average Bonchev–Trinajstić information content (AvgIpc) is 3.50. The molecular weight excluding hydrogens is 372 g/mol. The molecule has 3 heterocycles. The Morgan fingerprint density at radius 3 is 2.17 bits per heavy atom. The maximum Gasteiger partial charge on any atom is 0.261 e. The van der Waals surface area contributed by atoms with Crippen molar-refractivity contribution in [1.82, 2.24) is 4.90 Å². The zero-order valence-electron chi connectivity index (χ0n) is 16.0. The first-order chi connectivity index (χ1) is 14.2. The van der Waals surface area contributed by atoms with Crippen LogP contribution in [0, 0.1) is 0 Å². The maximum absolute atomic E-state index is 12.8. The summed E-state index contributed by atoms with van der Waals surface area (Å²) in [5.74, 6) is 1.90. The Bertz CT molecular complexity index is 896. The van der Waals surface area contributed by atoms with Gasteiger partial charge in [0.2, 0.25) is 5.91 Å². The second-order valence-electron chi connectivity index (χ2n) is 6.84. The van der Waals surface area contributed by atoms with Crippen molar-refractivity contribution >= 4 is 17.5 Å². The molecule has 0 saturated carbocycles. The summed E-state index contributed by atoms with van der Waals surface area (Å²) in [7, 11) is 0. The van der Waals surface area contributed by atoms with E-state index in [2.05, 4.69) is 0 Å². The van der Waals surface area contributed by atoms with E-state index in [1.165, 1.54) is 0 Å². The van der Waals surface area contributed by atoms with E-state index in [1.807, 2.05) is 24.3 Å². The Morgan fingerprint density at radius 2 is 1.66 bits per heavy atom. The zero-order chi connectivity index (χ0) is 20.1. The smallest absolute Gasteiger partial charge is 0.261 e. The van der Waals surface area contributed by atoms with Gasteiger partial charge in [0, 0.05) is 18.7 Å². The number of hydrogen-bond donors (Lipinski definition) is 0. The van der Waals surface area contributed by atoms with Crippen molar-refractivity contribution in [2.75, 3.05) is 18.1 Å². The van der Waals surface area contributed by atoms with Crippen LogP contribution in [0.1, 0.15) is 24.4 Å². The highest BCUT2D eigenvalue weighted by Crippen LogP contribution is 2.24. The van der Waals surface area contributed by atoms with Crippen LogP contribution in [-0.4, -0.2) is 29.9 Å². The fourth-order valence-electron chi connectivity index (χ4n) is 3.29. The van der Waals surface area contributed by atoms with E-state index in [4.69, 9.17) is 13.6 Å². The van der Waals surface area contributed by atoms with E-state index in [-0.39, 0.29) is 18.4 Å². The Hall–Kier alpha value is -3.48. The largest absolute Gasteiger partial charge is 0.484 e. The van der Waals surface area contributed by atoms with Crippen LogP contribution < -0.4 is 9.64 Å². The van der Waals surface area contributed by atoms with Gasteiger partial charge in [0.15, 0.2) is 6.61 Å². The number of amides is 2. The van der Waals surface area contributed by atoms with Crippen LogP contribution in [-0.2, 0) is 22.7 Å². The van der Waals surface area contributed by atoms with Gasteiger partial charge in [-0.1, -0.05) is 0 Å². The summed E-state index contributed by atoms with van der Waals surface area (Å²) < 4.78 is 16.4. The molecule has 29 heavy (non-hydrogen) atoms. The predicted octanol–water partition coefficient (Wildman–Crippen LogP) is 3.61. The molecule has 1 aliphatic heterocycles. The van der Waals surface area contributed by atoms with Gasteiger partial charge in [0.05, 0.1) is 25.6 Å². The molecular formula is C22H22N2O5. The number of rotatable bonds is 8. The molecule has 2 amide bonds. The van der Waals surface area contributed by atoms with Crippen molar-refractivity contribution in [3.8, 4) is 5.75 Å². The number of hydrogen-bond acceptors (Lipinski definition) is 5. The quantitative estimate of drug-likeness (QED) is 0.583. The summed E-state index contributed by atoms with van der Waals surface area (Å²) in [5.41, 5.74) is 0.850. The van der Waals surface area contributed by atoms with E-state index < -0.39 is 0 Å². The van der Waals surface area contributed by atoms with E-state index in [0.717, 1.165) is 18.7 Å². The standard InChI is InChI=1S/C22H22N2O5/c25-21-6-1-11-24(21)17-7-9-18(10-8-17)29-16-22(26)23(14-19-4-2-12-27-19)15-20-5-3-13-28-20/h2-5,7-10,12-13H,1,6,11,14-16H2. The molecule has 1 aromatic carbocycles. The van der Waals surface area contributed by atoms with Gasteiger partial charge >= 0.3 is 0 Å². The van der Waals surface area contributed by atoms with E-state index >= 15 is 0 Å². The summed E-state index contributed by atoms with van der Waals surface area (Å²) >= 11 is 0. The third kappa shape index (κ3) is 4.68. The van der Waals surface area contributed by atoms with E-state index in [1.54, 1.807) is 46.6 Å². The SMILES string of the molecule is O=C(COc1ccc(N2CCCC2=O)cc1)N(Cc1ccco1)Cc1ccco1. The molecule has 2 aromatic heterocycles. The molecule has 0 spiro atoms. The molecule has 4 rings (SSSR count). The number of benzene rings is 1. The number of nitrogens with zero attached hydrogens (tertiary/aromatic N) is 2. The van der Waals surface area contributed by atoms with Crippen molar-refractivity contribution in [1.29, 1.82) is 0 Å². The number of anilines is 1. The Labute approximate surface area is 168 Å². The fourth-order valence-corrected chi connectivity index (χ4v) is 3.29. The van der Waals surface area contributed by atoms with Crippen molar-refractivity contribution in [2.45, 2.75) is 25.9 Å². The zero-order valence-corrected chi connectivity index (χ0v) is 16.0. The third-order valence-electron chi connectivity index (χ3n) is 4.79. The number of ether oxygens (including phenoxy) is 1. The van der Waals surface area contributed by atoms with Crippen LogP contribution in [0.25, 0.3) is 0 Å². The van der Waals surface area contributed by atoms with Gasteiger partial charge < -0.3 is 23.4 Å². The van der Waals surface area contributed by atoms with Gasteiger partial charge in [-0.05, 0) is 55.0 Å². The topological polar surface area (TPSA) is 76.1 Å². The highest BCUT2D eigenvalue weighted by molar-refractivity contribution is 5.95. The van der Waals surface area contributed by atoms with Gasteiger partial charge in [0.25, 0.3) is 5.91 Å². The lowest BCUT2D eigenvalue weighted by Gasteiger charge is -2.21. The molecule has 3 aromatic rings. The molecule has 0 bridgehead atoms. The van der Waals surface area contributed by atoms with E-state index in [9.17, 15) is 9.59 Å². The molecule has 0 N–H and O–H groups in total. The predicted molar refractivity (Wildman–Crippen MR) is 105 cm³/mol. The minimum atomic E-state index is -0.184. The number of carbonyl (C=O) groups is 2. The third-order valence-corrected chi connectivity index (χ3v) is 4.79. The normalized spacial score (nSPS) is 13.7. The molecule has 1 saturated heterocycles. The van der Waals surface area contributed by atoms with Crippen LogP contribution in [0.2, 0.25) is 0 Å². The van der Waals surface area contributed by atoms with Crippen molar-refractivity contribution in [3.05, 3.63) is 72.6 Å². The second kappa shape index (κ2) is 8.68. The molecule has 0 radical (unpaired) electrons. The first-order valence-electron chi connectivity index (χ1n) is 9.55. The number of furan rings is 2. The van der Waals surface area contributed by atoms with Crippen molar-refractivity contribution in [3.63, 3.8) is 0 Å². The lowest BCUT2D eigenvalue weighted by Crippen LogP contribution is -2.33. The molecule has 1 aliphatic rings. The molecule has 1 fully saturated rings. The molecule has 0 aliphatic carbocycles. The monoisotopic (exact) mass is 394 g/mol. The first-order valence-corrected chi connectivity index (χ1v) is 9.55. The molecule has 7 nitrogen and oxygen atoms in total. The van der Waals surface area contributed by atoms with Crippen molar-refractivity contribution < 1.29 is 23.2 Å².